The molecule has 1 aliphatic heterocycles. The molecule has 0 radical (unpaired) electrons. The summed E-state index contributed by atoms with van der Waals surface area (Å²) in [6.45, 7) is 0. The van der Waals surface area contributed by atoms with Crippen molar-refractivity contribution in [2.24, 2.45) is 0 Å². The lowest BCUT2D eigenvalue weighted by molar-refractivity contribution is 0.583. The molecule has 3 heterocycles. The first-order valence-corrected chi connectivity index (χ1v) is 11.2. The molecule has 1 aliphatic rings. The quantitative estimate of drug-likeness (QED) is 0.239. The first-order valence-electron chi connectivity index (χ1n) is 10.4. The van der Waals surface area contributed by atoms with Gasteiger partial charge in [-0.25, -0.2) is 4.39 Å². The smallest absolute Gasteiger partial charge is 0.141 e. The molecule has 11 heteroatoms. The van der Waals surface area contributed by atoms with Crippen molar-refractivity contribution in [1.29, 1.82) is 5.26 Å². The third-order valence-corrected chi connectivity index (χ3v) is 5.96. The van der Waals surface area contributed by atoms with Crippen LogP contribution < -0.4 is 27.0 Å². The maximum absolute atomic E-state index is 13.7. The molecule has 1 atom stereocenters. The second-order valence-electron chi connectivity index (χ2n) is 7.62. The Bertz CT molecular complexity index is 1490. The maximum Gasteiger partial charge on any atom is 0.141 e. The molecule has 0 aliphatic carbocycles. The molecule has 5 N–H and O–H groups in total. The fourth-order valence-corrected chi connectivity index (χ4v) is 4.20. The molecule has 0 bridgehead atoms. The zero-order chi connectivity index (χ0) is 24.4. The summed E-state index contributed by atoms with van der Waals surface area (Å²) in [5, 5.41) is 17.3. The van der Waals surface area contributed by atoms with Gasteiger partial charge in [0, 0.05) is 41.6 Å². The molecular weight excluding hydrogens is 490 g/mol. The van der Waals surface area contributed by atoms with Crippen LogP contribution in [0.2, 0.25) is 10.0 Å². The van der Waals surface area contributed by atoms with E-state index in [0.29, 0.717) is 38.6 Å². The second kappa shape index (κ2) is 9.64. The number of hydrazine groups is 2. The number of nitrogens with zero attached hydrogens (tertiary/aromatic N) is 3. The molecule has 0 saturated carbocycles. The number of pyridine rings is 2. The van der Waals surface area contributed by atoms with Gasteiger partial charge in [0.1, 0.15) is 11.9 Å². The number of fused-ring (bicyclic) bond motifs is 1. The molecule has 35 heavy (non-hydrogen) atoms. The SMILES string of the molecule is N#Cc1cnc2c(Cl)cc(N[C@H](C3=CNNN3)c3cccnc3)cc2c1Nc1ccc(F)c(Cl)c1. The summed E-state index contributed by atoms with van der Waals surface area (Å²) < 4.78 is 13.7. The van der Waals surface area contributed by atoms with E-state index in [0.717, 1.165) is 11.3 Å². The Labute approximate surface area is 209 Å². The van der Waals surface area contributed by atoms with Crippen molar-refractivity contribution in [2.75, 3.05) is 10.6 Å². The van der Waals surface area contributed by atoms with E-state index in [-0.39, 0.29) is 11.1 Å². The van der Waals surface area contributed by atoms with Crippen molar-refractivity contribution in [3.63, 3.8) is 0 Å². The average Bonchev–Trinajstić information content (AvgIpc) is 3.40. The van der Waals surface area contributed by atoms with Crippen LogP contribution in [0, 0.1) is 17.1 Å². The molecule has 174 valence electrons. The lowest BCUT2D eigenvalue weighted by atomic mass is 10.0. The van der Waals surface area contributed by atoms with E-state index in [1.54, 1.807) is 24.7 Å². The molecular formula is C24H17Cl2FN8. The summed E-state index contributed by atoms with van der Waals surface area (Å²) in [5.74, 6) is -0.535. The summed E-state index contributed by atoms with van der Waals surface area (Å²) in [5.41, 5.74) is 13.0. The summed E-state index contributed by atoms with van der Waals surface area (Å²) in [7, 11) is 0. The third-order valence-electron chi connectivity index (χ3n) is 5.38. The van der Waals surface area contributed by atoms with Crippen LogP contribution >= 0.6 is 23.2 Å². The Hall–Kier alpha value is -4.10. The van der Waals surface area contributed by atoms with Crippen LogP contribution in [0.15, 0.2) is 73.0 Å². The number of benzene rings is 2. The van der Waals surface area contributed by atoms with E-state index in [4.69, 9.17) is 23.2 Å². The Kier molecular flexibility index (Phi) is 6.25. The Morgan fingerprint density at radius 3 is 2.63 bits per heavy atom. The molecule has 0 saturated heterocycles. The van der Waals surface area contributed by atoms with Gasteiger partial charge >= 0.3 is 0 Å². The minimum atomic E-state index is -0.535. The van der Waals surface area contributed by atoms with Crippen molar-refractivity contribution in [3.8, 4) is 6.07 Å². The van der Waals surface area contributed by atoms with Crippen LogP contribution in [0.5, 0.6) is 0 Å². The van der Waals surface area contributed by atoms with Crippen LogP contribution in [0.3, 0.4) is 0 Å². The van der Waals surface area contributed by atoms with E-state index in [1.165, 1.54) is 24.4 Å². The number of nitrogens with one attached hydrogen (secondary N) is 5. The van der Waals surface area contributed by atoms with Crippen LogP contribution in [0.4, 0.5) is 21.5 Å². The van der Waals surface area contributed by atoms with Gasteiger partial charge in [0.25, 0.3) is 0 Å². The molecule has 0 unspecified atom stereocenters. The number of hydrogen-bond acceptors (Lipinski definition) is 8. The molecule has 2 aromatic carbocycles. The van der Waals surface area contributed by atoms with Crippen molar-refractivity contribution >= 4 is 51.2 Å². The number of halogens is 3. The van der Waals surface area contributed by atoms with E-state index < -0.39 is 5.82 Å². The van der Waals surface area contributed by atoms with E-state index in [2.05, 4.69) is 43.1 Å². The number of rotatable bonds is 6. The minimum Gasteiger partial charge on any atom is -0.373 e. The fraction of sp³-hybridized carbons (Fsp3) is 0.0417. The largest absolute Gasteiger partial charge is 0.373 e. The van der Waals surface area contributed by atoms with Crippen molar-refractivity contribution in [1.82, 2.24) is 26.4 Å². The van der Waals surface area contributed by atoms with Gasteiger partial charge in [-0.3, -0.25) is 9.97 Å². The van der Waals surface area contributed by atoms with E-state index in [9.17, 15) is 9.65 Å². The second-order valence-corrected chi connectivity index (χ2v) is 8.44. The average molecular weight is 507 g/mol. The van der Waals surface area contributed by atoms with Gasteiger partial charge < -0.3 is 21.5 Å². The van der Waals surface area contributed by atoms with Crippen LogP contribution in [0.25, 0.3) is 10.9 Å². The van der Waals surface area contributed by atoms with Gasteiger partial charge in [0.05, 0.1) is 38.6 Å². The van der Waals surface area contributed by atoms with Crippen LogP contribution in [-0.2, 0) is 0 Å². The first kappa shape index (κ1) is 22.7. The Morgan fingerprint density at radius 2 is 1.91 bits per heavy atom. The van der Waals surface area contributed by atoms with E-state index in [1.807, 2.05) is 18.2 Å². The topological polar surface area (TPSA) is 110 Å². The molecule has 8 nitrogen and oxygen atoms in total. The maximum atomic E-state index is 13.7. The summed E-state index contributed by atoms with van der Waals surface area (Å²) in [6, 6.07) is 13.5. The van der Waals surface area contributed by atoms with Gasteiger partial charge in [0.15, 0.2) is 0 Å². The first-order chi connectivity index (χ1) is 17.0. The molecule has 2 aromatic heterocycles. The predicted octanol–water partition coefficient (Wildman–Crippen LogP) is 5.30. The number of nitriles is 1. The van der Waals surface area contributed by atoms with Crippen LogP contribution in [-0.4, -0.2) is 9.97 Å². The van der Waals surface area contributed by atoms with Crippen molar-refractivity contribution in [2.45, 2.75) is 6.04 Å². The lowest BCUT2D eigenvalue weighted by Gasteiger charge is -2.22. The normalized spacial score (nSPS) is 13.4. The summed E-state index contributed by atoms with van der Waals surface area (Å²) in [4.78, 5) is 8.61. The molecule has 0 spiro atoms. The number of aromatic nitrogens is 2. The monoisotopic (exact) mass is 506 g/mol. The summed E-state index contributed by atoms with van der Waals surface area (Å²) in [6.07, 6.45) is 6.71. The molecule has 5 rings (SSSR count). The zero-order valence-corrected chi connectivity index (χ0v) is 19.4. The molecule has 4 aromatic rings. The van der Waals surface area contributed by atoms with Crippen molar-refractivity contribution in [3.05, 3.63) is 99.9 Å². The zero-order valence-electron chi connectivity index (χ0n) is 17.9. The van der Waals surface area contributed by atoms with Gasteiger partial charge in [-0.2, -0.15) is 10.8 Å². The number of anilines is 3. The standard InChI is InChI=1S/C24H17Cl2FN8/c25-18-7-15(3-4-20(18)27)32-22-14(9-28)11-30-24-17(22)6-16(8-19(24)26)33-23(21-12-31-35-34-21)13-2-1-5-29-10-13/h1-8,10-12,23,31,33-35H,(H,30,32)/t23-/m0/s1. The van der Waals surface area contributed by atoms with E-state index >= 15 is 0 Å². The highest BCUT2D eigenvalue weighted by Crippen LogP contribution is 2.37. The predicted molar refractivity (Wildman–Crippen MR) is 134 cm³/mol. The van der Waals surface area contributed by atoms with Crippen molar-refractivity contribution < 1.29 is 4.39 Å². The third kappa shape index (κ3) is 4.63. The molecule has 0 fully saturated rings. The van der Waals surface area contributed by atoms with Gasteiger partial charge in [-0.05, 0) is 42.0 Å². The van der Waals surface area contributed by atoms with Gasteiger partial charge in [-0.15, -0.1) is 0 Å². The van der Waals surface area contributed by atoms with Crippen LogP contribution in [0.1, 0.15) is 17.2 Å². The highest BCUT2D eigenvalue weighted by Gasteiger charge is 2.21. The van der Waals surface area contributed by atoms with Gasteiger partial charge in [-0.1, -0.05) is 29.3 Å². The number of hydrogen-bond donors (Lipinski definition) is 5. The molecule has 0 amide bonds. The highest BCUT2D eigenvalue weighted by molar-refractivity contribution is 6.36. The highest BCUT2D eigenvalue weighted by atomic mass is 35.5. The Morgan fingerprint density at radius 1 is 1.06 bits per heavy atom. The lowest BCUT2D eigenvalue weighted by Crippen LogP contribution is -2.33. The minimum absolute atomic E-state index is 0.0360. The summed E-state index contributed by atoms with van der Waals surface area (Å²) >= 11 is 12.6. The van der Waals surface area contributed by atoms with Gasteiger partial charge in [0.2, 0.25) is 0 Å². The fourth-order valence-electron chi connectivity index (χ4n) is 3.75. The Balaban J connectivity index is 1.60.